The topological polar surface area (TPSA) is 23.8 Å². The van der Waals surface area contributed by atoms with Crippen LogP contribution in [0, 0.1) is 18.3 Å². The molecule has 0 spiro atoms. The van der Waals surface area contributed by atoms with Crippen LogP contribution >= 0.6 is 11.8 Å². The fourth-order valence-electron chi connectivity index (χ4n) is 1.05. The first-order chi connectivity index (χ1) is 6.34. The molecule has 0 bridgehead atoms. The van der Waals surface area contributed by atoms with Gasteiger partial charge in [-0.15, -0.1) is 11.8 Å². The van der Waals surface area contributed by atoms with E-state index in [4.69, 9.17) is 5.26 Å². The minimum absolute atomic E-state index is 0.666. The molecule has 1 aromatic carbocycles. The Balaban J connectivity index is 2.37. The minimum atomic E-state index is 0.666. The van der Waals surface area contributed by atoms with Gasteiger partial charge in [0, 0.05) is 11.3 Å². The van der Waals surface area contributed by atoms with Gasteiger partial charge >= 0.3 is 0 Å². The molecule has 0 heterocycles. The minimum Gasteiger partial charge on any atom is -0.198 e. The van der Waals surface area contributed by atoms with Gasteiger partial charge in [0.2, 0.25) is 0 Å². The summed E-state index contributed by atoms with van der Waals surface area (Å²) in [6.07, 6.45) is 1.65. The lowest BCUT2D eigenvalue weighted by molar-refractivity contribution is 0.980. The van der Waals surface area contributed by atoms with E-state index >= 15 is 0 Å². The van der Waals surface area contributed by atoms with E-state index in [0.717, 1.165) is 12.2 Å². The molecule has 0 aliphatic heterocycles. The van der Waals surface area contributed by atoms with Gasteiger partial charge in [0.05, 0.1) is 6.07 Å². The third-order valence-electron chi connectivity index (χ3n) is 1.78. The van der Waals surface area contributed by atoms with Crippen LogP contribution in [0.4, 0.5) is 0 Å². The summed E-state index contributed by atoms with van der Waals surface area (Å²) in [5.41, 5.74) is 1.32. The Kier molecular flexibility index (Phi) is 4.42. The van der Waals surface area contributed by atoms with Crippen LogP contribution in [0.1, 0.15) is 18.4 Å². The second-order valence-electron chi connectivity index (χ2n) is 2.88. The second kappa shape index (κ2) is 5.66. The number of nitrogens with zero attached hydrogens (tertiary/aromatic N) is 1. The number of rotatable bonds is 4. The summed E-state index contributed by atoms with van der Waals surface area (Å²) in [7, 11) is 0. The zero-order chi connectivity index (χ0) is 9.52. The van der Waals surface area contributed by atoms with Crippen molar-refractivity contribution >= 4 is 11.8 Å². The summed E-state index contributed by atoms with van der Waals surface area (Å²) >= 11 is 1.84. The van der Waals surface area contributed by atoms with Crippen LogP contribution in [0.25, 0.3) is 0 Å². The van der Waals surface area contributed by atoms with E-state index in [1.54, 1.807) is 0 Å². The predicted octanol–water partition coefficient (Wildman–Crippen LogP) is 3.39. The highest BCUT2D eigenvalue weighted by atomic mass is 32.2. The Labute approximate surface area is 83.8 Å². The highest BCUT2D eigenvalue weighted by Crippen LogP contribution is 2.22. The second-order valence-corrected chi connectivity index (χ2v) is 4.01. The fraction of sp³-hybridized carbons (Fsp3) is 0.364. The number of hydrogen-bond donors (Lipinski definition) is 0. The maximum atomic E-state index is 8.36. The average Bonchev–Trinajstić information content (AvgIpc) is 2.15. The van der Waals surface area contributed by atoms with Crippen LogP contribution in [0.15, 0.2) is 29.2 Å². The Hall–Kier alpha value is -0.940. The summed E-state index contributed by atoms with van der Waals surface area (Å²) in [6.45, 7) is 2.12. The Bertz CT molecular complexity index is 301. The van der Waals surface area contributed by atoms with Crippen molar-refractivity contribution in [3.8, 4) is 6.07 Å². The van der Waals surface area contributed by atoms with Gasteiger partial charge in [0.15, 0.2) is 0 Å². The summed E-state index contributed by atoms with van der Waals surface area (Å²) in [6, 6.07) is 10.5. The molecule has 68 valence electrons. The van der Waals surface area contributed by atoms with E-state index in [1.165, 1.54) is 10.5 Å². The van der Waals surface area contributed by atoms with Gasteiger partial charge in [-0.05, 0) is 30.7 Å². The fourth-order valence-corrected chi connectivity index (χ4v) is 2.03. The molecule has 0 saturated carbocycles. The van der Waals surface area contributed by atoms with Crippen LogP contribution < -0.4 is 0 Å². The maximum Gasteiger partial charge on any atom is 0.0622 e. The smallest absolute Gasteiger partial charge is 0.0622 e. The van der Waals surface area contributed by atoms with Crippen LogP contribution in [0.5, 0.6) is 0 Å². The van der Waals surface area contributed by atoms with Gasteiger partial charge in [-0.25, -0.2) is 0 Å². The highest BCUT2D eigenvalue weighted by molar-refractivity contribution is 7.99. The normalized spacial score (nSPS) is 9.54. The van der Waals surface area contributed by atoms with E-state index in [-0.39, 0.29) is 0 Å². The molecule has 0 unspecified atom stereocenters. The van der Waals surface area contributed by atoms with E-state index in [1.807, 2.05) is 11.8 Å². The van der Waals surface area contributed by atoms with Crippen LogP contribution in [-0.2, 0) is 0 Å². The Morgan fingerprint density at radius 1 is 1.38 bits per heavy atom. The van der Waals surface area contributed by atoms with Crippen LogP contribution in [-0.4, -0.2) is 5.75 Å². The van der Waals surface area contributed by atoms with E-state index in [9.17, 15) is 0 Å². The standard InChI is InChI=1S/C11H13NS/c1-10-6-2-3-7-11(10)13-9-5-4-8-12/h2-3,6-7H,4-5,9H2,1H3. The van der Waals surface area contributed by atoms with Gasteiger partial charge in [0.25, 0.3) is 0 Å². The van der Waals surface area contributed by atoms with Crippen molar-refractivity contribution in [1.29, 1.82) is 5.26 Å². The summed E-state index contributed by atoms with van der Waals surface area (Å²) in [5.74, 6) is 1.04. The molecule has 0 aliphatic carbocycles. The molecule has 0 amide bonds. The van der Waals surface area contributed by atoms with Gasteiger partial charge in [-0.3, -0.25) is 0 Å². The first-order valence-corrected chi connectivity index (χ1v) is 5.38. The van der Waals surface area contributed by atoms with E-state index in [0.29, 0.717) is 6.42 Å². The molecule has 2 heteroatoms. The molecule has 0 radical (unpaired) electrons. The van der Waals surface area contributed by atoms with Gasteiger partial charge in [0.1, 0.15) is 0 Å². The molecular weight excluding hydrogens is 178 g/mol. The van der Waals surface area contributed by atoms with Gasteiger partial charge < -0.3 is 0 Å². The van der Waals surface area contributed by atoms with Crippen molar-refractivity contribution in [3.63, 3.8) is 0 Å². The number of aryl methyl sites for hydroxylation is 1. The lowest BCUT2D eigenvalue weighted by atomic mass is 10.2. The molecule has 0 fully saturated rings. The van der Waals surface area contributed by atoms with E-state index in [2.05, 4.69) is 37.3 Å². The summed E-state index contributed by atoms with van der Waals surface area (Å²) in [4.78, 5) is 1.33. The number of thioether (sulfide) groups is 1. The summed E-state index contributed by atoms with van der Waals surface area (Å²) < 4.78 is 0. The average molecular weight is 191 g/mol. The number of nitriles is 1. The van der Waals surface area contributed by atoms with Gasteiger partial charge in [-0.1, -0.05) is 18.2 Å². The van der Waals surface area contributed by atoms with Crippen molar-refractivity contribution < 1.29 is 0 Å². The van der Waals surface area contributed by atoms with Crippen molar-refractivity contribution in [1.82, 2.24) is 0 Å². The van der Waals surface area contributed by atoms with Crippen molar-refractivity contribution in [2.75, 3.05) is 5.75 Å². The lowest BCUT2D eigenvalue weighted by Gasteiger charge is -2.02. The predicted molar refractivity (Wildman–Crippen MR) is 56.8 cm³/mol. The largest absolute Gasteiger partial charge is 0.198 e. The molecule has 0 N–H and O–H groups in total. The van der Waals surface area contributed by atoms with Crippen LogP contribution in [0.3, 0.4) is 0 Å². The van der Waals surface area contributed by atoms with Gasteiger partial charge in [-0.2, -0.15) is 5.26 Å². The Morgan fingerprint density at radius 3 is 2.85 bits per heavy atom. The highest BCUT2D eigenvalue weighted by Gasteiger charge is 1.96. The SMILES string of the molecule is Cc1ccccc1SCCCC#N. The molecule has 0 aliphatic rings. The number of benzene rings is 1. The summed E-state index contributed by atoms with van der Waals surface area (Å²) in [5, 5.41) is 8.36. The van der Waals surface area contributed by atoms with Crippen LogP contribution in [0.2, 0.25) is 0 Å². The molecule has 1 nitrogen and oxygen atoms in total. The maximum absolute atomic E-state index is 8.36. The zero-order valence-corrected chi connectivity index (χ0v) is 8.60. The molecule has 1 aromatic rings. The molecule has 0 atom stereocenters. The molecular formula is C11H13NS. The third-order valence-corrected chi connectivity index (χ3v) is 3.05. The zero-order valence-electron chi connectivity index (χ0n) is 7.79. The molecule has 1 rings (SSSR count). The quantitative estimate of drug-likeness (QED) is 0.538. The van der Waals surface area contributed by atoms with Crippen molar-refractivity contribution in [2.45, 2.75) is 24.7 Å². The number of unbranched alkanes of at least 4 members (excludes halogenated alkanes) is 1. The first kappa shape index (κ1) is 10.1. The number of hydrogen-bond acceptors (Lipinski definition) is 2. The van der Waals surface area contributed by atoms with Crippen molar-refractivity contribution in [3.05, 3.63) is 29.8 Å². The first-order valence-electron chi connectivity index (χ1n) is 4.40. The molecule has 0 saturated heterocycles. The molecule has 0 aromatic heterocycles. The third kappa shape index (κ3) is 3.52. The monoisotopic (exact) mass is 191 g/mol. The van der Waals surface area contributed by atoms with E-state index < -0.39 is 0 Å². The molecule has 13 heavy (non-hydrogen) atoms. The Morgan fingerprint density at radius 2 is 2.15 bits per heavy atom. The van der Waals surface area contributed by atoms with Crippen molar-refractivity contribution in [2.24, 2.45) is 0 Å². The lowest BCUT2D eigenvalue weighted by Crippen LogP contribution is -1.82.